The molecular weight excluding hydrogens is 348 g/mol. The lowest BCUT2D eigenvalue weighted by molar-refractivity contribution is -0.142. The Morgan fingerprint density at radius 2 is 1.85 bits per heavy atom. The zero-order valence-corrected chi connectivity index (χ0v) is 16.3. The first-order chi connectivity index (χ1) is 12.6. The number of nitrogens with one attached hydrogen (secondary N) is 2. The molecule has 5 nitrogen and oxygen atoms in total. The molecule has 1 amide bonds. The maximum absolute atomic E-state index is 13.2. The van der Waals surface area contributed by atoms with Gasteiger partial charge in [-0.05, 0) is 57.0 Å². The number of halogens is 1. The van der Waals surface area contributed by atoms with Gasteiger partial charge in [-0.3, -0.25) is 9.69 Å². The second kappa shape index (κ2) is 7.47. The molecule has 0 bridgehead atoms. The molecule has 2 atom stereocenters. The molecule has 26 heavy (non-hydrogen) atoms. The number of rotatable bonds is 3. The van der Waals surface area contributed by atoms with Crippen LogP contribution in [-0.2, 0) is 4.79 Å². The summed E-state index contributed by atoms with van der Waals surface area (Å²) in [4.78, 5) is 17.8. The Labute approximate surface area is 161 Å². The highest BCUT2D eigenvalue weighted by Crippen LogP contribution is 2.41. The van der Waals surface area contributed by atoms with Crippen LogP contribution in [0.15, 0.2) is 24.3 Å². The van der Waals surface area contributed by atoms with Gasteiger partial charge in [0.15, 0.2) is 0 Å². The topological polar surface area (TPSA) is 47.6 Å². The minimum atomic E-state index is -0.0941. The van der Waals surface area contributed by atoms with Crippen molar-refractivity contribution in [3.63, 3.8) is 0 Å². The Bertz CT molecular complexity index is 644. The van der Waals surface area contributed by atoms with E-state index in [-0.39, 0.29) is 17.6 Å². The molecule has 0 saturated carbocycles. The summed E-state index contributed by atoms with van der Waals surface area (Å²) in [5.74, 6) is 0.382. The van der Waals surface area contributed by atoms with E-state index >= 15 is 0 Å². The number of amides is 1. The zero-order chi connectivity index (χ0) is 18.1. The van der Waals surface area contributed by atoms with Crippen LogP contribution in [-0.4, -0.2) is 61.1 Å². The van der Waals surface area contributed by atoms with Crippen LogP contribution in [0.4, 0.5) is 0 Å². The van der Waals surface area contributed by atoms with Gasteiger partial charge < -0.3 is 15.5 Å². The highest BCUT2D eigenvalue weighted by atomic mass is 35.5. The molecule has 1 aromatic carbocycles. The normalized spacial score (nSPS) is 27.8. The highest BCUT2D eigenvalue weighted by Gasteiger charge is 2.48. The molecule has 0 aromatic heterocycles. The monoisotopic (exact) mass is 376 g/mol. The summed E-state index contributed by atoms with van der Waals surface area (Å²) in [7, 11) is 0. The predicted octanol–water partition coefficient (Wildman–Crippen LogP) is 2.23. The fourth-order valence-corrected chi connectivity index (χ4v) is 4.93. The Balaban J connectivity index is 1.43. The van der Waals surface area contributed by atoms with Crippen LogP contribution in [0.5, 0.6) is 0 Å². The van der Waals surface area contributed by atoms with Crippen molar-refractivity contribution in [2.75, 3.05) is 39.3 Å². The first kappa shape index (κ1) is 18.2. The van der Waals surface area contributed by atoms with Crippen LogP contribution >= 0.6 is 11.6 Å². The van der Waals surface area contributed by atoms with Gasteiger partial charge in [-0.1, -0.05) is 23.7 Å². The van der Waals surface area contributed by atoms with E-state index < -0.39 is 0 Å². The fourth-order valence-electron chi connectivity index (χ4n) is 4.80. The summed E-state index contributed by atoms with van der Waals surface area (Å²) in [5, 5.41) is 7.76. The van der Waals surface area contributed by atoms with Gasteiger partial charge in [0.05, 0.1) is 11.6 Å². The van der Waals surface area contributed by atoms with E-state index in [1.165, 1.54) is 5.56 Å². The molecule has 1 spiro atoms. The summed E-state index contributed by atoms with van der Waals surface area (Å²) in [6.45, 7) is 7.87. The van der Waals surface area contributed by atoms with Crippen LogP contribution in [0.1, 0.15) is 37.8 Å². The molecular formula is C20H29ClN4O. The van der Waals surface area contributed by atoms with Crippen molar-refractivity contribution >= 4 is 17.5 Å². The van der Waals surface area contributed by atoms with Crippen molar-refractivity contribution in [1.82, 2.24) is 20.4 Å². The van der Waals surface area contributed by atoms with Gasteiger partial charge in [-0.15, -0.1) is 0 Å². The molecule has 1 aromatic rings. The average molecular weight is 377 g/mol. The number of piperazine rings is 1. The number of hydrogen-bond donors (Lipinski definition) is 2. The number of carbonyl (C=O) groups is 1. The van der Waals surface area contributed by atoms with Gasteiger partial charge in [0.25, 0.3) is 0 Å². The SMILES string of the molecule is CC(N1CCNC(c2ccc(Cl)cc2)C1)N1CCC2(CCNCC2)C1=O. The predicted molar refractivity (Wildman–Crippen MR) is 104 cm³/mol. The number of piperidine rings is 1. The minimum absolute atomic E-state index is 0.0941. The van der Waals surface area contributed by atoms with E-state index in [0.29, 0.717) is 5.91 Å². The van der Waals surface area contributed by atoms with E-state index in [4.69, 9.17) is 11.6 Å². The van der Waals surface area contributed by atoms with Gasteiger partial charge in [0.2, 0.25) is 5.91 Å². The van der Waals surface area contributed by atoms with Crippen molar-refractivity contribution < 1.29 is 4.79 Å². The summed E-state index contributed by atoms with van der Waals surface area (Å²) in [5.41, 5.74) is 1.16. The van der Waals surface area contributed by atoms with Gasteiger partial charge in [-0.25, -0.2) is 0 Å². The van der Waals surface area contributed by atoms with Crippen molar-refractivity contribution in [3.8, 4) is 0 Å². The van der Waals surface area contributed by atoms with Crippen molar-refractivity contribution in [1.29, 1.82) is 0 Å². The second-order valence-corrected chi connectivity index (χ2v) is 8.40. The average Bonchev–Trinajstić information content (AvgIpc) is 2.98. The summed E-state index contributed by atoms with van der Waals surface area (Å²) < 4.78 is 0. The highest BCUT2D eigenvalue weighted by molar-refractivity contribution is 6.30. The Morgan fingerprint density at radius 1 is 1.12 bits per heavy atom. The van der Waals surface area contributed by atoms with E-state index in [1.54, 1.807) is 0 Å². The molecule has 2 N–H and O–H groups in total. The first-order valence-corrected chi connectivity index (χ1v) is 10.2. The largest absolute Gasteiger partial charge is 0.327 e. The zero-order valence-electron chi connectivity index (χ0n) is 15.5. The number of benzene rings is 1. The maximum atomic E-state index is 13.2. The van der Waals surface area contributed by atoms with Gasteiger partial charge in [0.1, 0.15) is 0 Å². The maximum Gasteiger partial charge on any atom is 0.230 e. The third-order valence-electron chi connectivity index (χ3n) is 6.57. The van der Waals surface area contributed by atoms with E-state index in [0.717, 1.165) is 63.6 Å². The number of carbonyl (C=O) groups excluding carboxylic acids is 1. The van der Waals surface area contributed by atoms with Crippen LogP contribution in [0, 0.1) is 5.41 Å². The smallest absolute Gasteiger partial charge is 0.230 e. The number of likely N-dealkylation sites (tertiary alicyclic amines) is 1. The molecule has 0 aliphatic carbocycles. The van der Waals surface area contributed by atoms with Crippen LogP contribution in [0.3, 0.4) is 0 Å². The lowest BCUT2D eigenvalue weighted by Crippen LogP contribution is -2.56. The van der Waals surface area contributed by atoms with Crippen LogP contribution in [0.25, 0.3) is 0 Å². The summed E-state index contributed by atoms with van der Waals surface area (Å²) in [6, 6.07) is 8.38. The van der Waals surface area contributed by atoms with Crippen LogP contribution in [0.2, 0.25) is 5.02 Å². The quantitative estimate of drug-likeness (QED) is 0.849. The van der Waals surface area contributed by atoms with Gasteiger partial charge in [-0.2, -0.15) is 0 Å². The van der Waals surface area contributed by atoms with Crippen molar-refractivity contribution in [3.05, 3.63) is 34.9 Å². The molecule has 142 valence electrons. The van der Waals surface area contributed by atoms with E-state index in [1.807, 2.05) is 12.1 Å². The molecule has 3 aliphatic heterocycles. The minimum Gasteiger partial charge on any atom is -0.327 e. The first-order valence-electron chi connectivity index (χ1n) is 9.84. The van der Waals surface area contributed by atoms with Crippen LogP contribution < -0.4 is 10.6 Å². The number of nitrogens with zero attached hydrogens (tertiary/aromatic N) is 2. The molecule has 3 aliphatic rings. The van der Waals surface area contributed by atoms with Gasteiger partial charge in [0, 0.05) is 37.2 Å². The second-order valence-electron chi connectivity index (χ2n) is 7.96. The standard InChI is InChI=1S/C20H29ClN4O/c1-15(25-12-8-20(19(25)26)6-9-22-10-7-20)24-13-11-23-18(14-24)16-2-4-17(21)5-3-16/h2-5,15,18,22-23H,6-14H2,1H3. The molecule has 3 saturated heterocycles. The lowest BCUT2D eigenvalue weighted by atomic mass is 9.77. The molecule has 3 heterocycles. The Morgan fingerprint density at radius 3 is 2.58 bits per heavy atom. The fraction of sp³-hybridized carbons (Fsp3) is 0.650. The summed E-state index contributed by atoms with van der Waals surface area (Å²) >= 11 is 6.02. The van der Waals surface area contributed by atoms with Crippen molar-refractivity contribution in [2.24, 2.45) is 5.41 Å². The molecule has 2 unspecified atom stereocenters. The van der Waals surface area contributed by atoms with E-state index in [2.05, 4.69) is 39.5 Å². The molecule has 4 rings (SSSR count). The Hall–Kier alpha value is -1.14. The van der Waals surface area contributed by atoms with E-state index in [9.17, 15) is 4.79 Å². The molecule has 3 fully saturated rings. The summed E-state index contributed by atoms with van der Waals surface area (Å²) in [6.07, 6.45) is 3.16. The third kappa shape index (κ3) is 3.38. The lowest BCUT2D eigenvalue weighted by Gasteiger charge is -2.42. The Kier molecular flexibility index (Phi) is 5.24. The third-order valence-corrected chi connectivity index (χ3v) is 6.82. The molecule has 6 heteroatoms. The van der Waals surface area contributed by atoms with Gasteiger partial charge >= 0.3 is 0 Å². The number of hydrogen-bond acceptors (Lipinski definition) is 4. The van der Waals surface area contributed by atoms with Crippen molar-refractivity contribution in [2.45, 2.75) is 38.4 Å². The molecule has 0 radical (unpaired) electrons.